The Hall–Kier alpha value is -3.14. The van der Waals surface area contributed by atoms with Gasteiger partial charge in [0.05, 0.1) is 17.6 Å². The summed E-state index contributed by atoms with van der Waals surface area (Å²) < 4.78 is 28.6. The zero-order valence-electron chi connectivity index (χ0n) is 13.7. The fraction of sp³-hybridized carbons (Fsp3) is 0.133. The molecule has 0 fully saturated rings. The van der Waals surface area contributed by atoms with Crippen molar-refractivity contribution >= 4 is 32.6 Å². The van der Waals surface area contributed by atoms with Crippen molar-refractivity contribution in [1.82, 2.24) is 13.5 Å². The number of imidazole rings is 1. The molecule has 0 saturated carbocycles. The summed E-state index contributed by atoms with van der Waals surface area (Å²) in [6.45, 7) is 1.70. The van der Waals surface area contributed by atoms with E-state index in [0.29, 0.717) is 22.2 Å². The Morgan fingerprint density at radius 1 is 1.16 bits per heavy atom. The first-order valence-corrected chi connectivity index (χ1v) is 8.72. The zero-order valence-corrected chi connectivity index (χ0v) is 14.5. The molecule has 4 N–H and O–H groups in total. The highest BCUT2D eigenvalue weighted by Crippen LogP contribution is 2.26. The van der Waals surface area contributed by atoms with Crippen LogP contribution in [0, 0.1) is 0 Å². The average molecular weight is 359 g/mol. The molecule has 25 heavy (non-hydrogen) atoms. The van der Waals surface area contributed by atoms with Gasteiger partial charge in [-0.1, -0.05) is 18.2 Å². The van der Waals surface area contributed by atoms with Crippen LogP contribution >= 0.6 is 0 Å². The van der Waals surface area contributed by atoms with E-state index in [1.54, 1.807) is 30.7 Å². The van der Waals surface area contributed by atoms with E-state index in [2.05, 4.69) is 15.2 Å². The van der Waals surface area contributed by atoms with Gasteiger partial charge in [0, 0.05) is 30.4 Å². The van der Waals surface area contributed by atoms with Crippen molar-refractivity contribution in [2.45, 2.75) is 11.9 Å². The molecule has 0 unspecified atom stereocenters. The standard InChI is InChI=1S/C15H17N7O2S/c1-10(19-20-15(16)17)12-7-22(13-6-4-3-5-11(12)13)25(23,24)14-8-21(2)9-18-14/h3-9H,1-2H3,(H4,16,17,20). The second-order valence-electron chi connectivity index (χ2n) is 5.45. The maximum atomic E-state index is 12.9. The first-order valence-electron chi connectivity index (χ1n) is 7.28. The molecule has 130 valence electrons. The van der Waals surface area contributed by atoms with Gasteiger partial charge in [0.25, 0.3) is 10.0 Å². The number of nitrogens with zero attached hydrogens (tertiary/aromatic N) is 5. The Morgan fingerprint density at radius 3 is 2.52 bits per heavy atom. The van der Waals surface area contributed by atoms with Gasteiger partial charge in [-0.05, 0) is 13.0 Å². The van der Waals surface area contributed by atoms with Crippen molar-refractivity contribution in [3.63, 3.8) is 0 Å². The number of benzene rings is 1. The minimum absolute atomic E-state index is 0.0406. The fourth-order valence-electron chi connectivity index (χ4n) is 2.45. The van der Waals surface area contributed by atoms with Gasteiger partial charge < -0.3 is 16.0 Å². The van der Waals surface area contributed by atoms with E-state index in [1.165, 1.54) is 22.7 Å². The molecule has 0 aliphatic carbocycles. The van der Waals surface area contributed by atoms with E-state index < -0.39 is 10.0 Å². The Kier molecular flexibility index (Phi) is 4.05. The lowest BCUT2D eigenvalue weighted by Crippen LogP contribution is -2.22. The van der Waals surface area contributed by atoms with Crippen LogP contribution in [0.1, 0.15) is 12.5 Å². The van der Waals surface area contributed by atoms with Crippen molar-refractivity contribution < 1.29 is 8.42 Å². The Morgan fingerprint density at radius 2 is 1.88 bits per heavy atom. The molecule has 0 aliphatic heterocycles. The van der Waals surface area contributed by atoms with Crippen LogP contribution in [0.15, 0.2) is 58.2 Å². The smallest absolute Gasteiger partial charge is 0.287 e. The first kappa shape index (κ1) is 16.7. The third kappa shape index (κ3) is 2.98. The van der Waals surface area contributed by atoms with Gasteiger partial charge in [0.15, 0.2) is 5.03 Å². The monoisotopic (exact) mass is 359 g/mol. The van der Waals surface area contributed by atoms with Gasteiger partial charge in [0.1, 0.15) is 0 Å². The van der Waals surface area contributed by atoms with Crippen molar-refractivity contribution in [3.05, 3.63) is 48.5 Å². The second-order valence-corrected chi connectivity index (χ2v) is 7.21. The molecule has 0 bridgehead atoms. The molecule has 0 saturated heterocycles. The molecule has 3 rings (SSSR count). The molecule has 9 nitrogen and oxygen atoms in total. The van der Waals surface area contributed by atoms with Gasteiger partial charge in [-0.2, -0.15) is 13.5 Å². The third-order valence-corrected chi connectivity index (χ3v) is 5.15. The highest BCUT2D eigenvalue weighted by molar-refractivity contribution is 7.90. The third-order valence-electron chi connectivity index (χ3n) is 3.59. The van der Waals surface area contributed by atoms with Crippen molar-refractivity contribution in [3.8, 4) is 0 Å². The number of aromatic nitrogens is 3. The van der Waals surface area contributed by atoms with Crippen LogP contribution in [0.25, 0.3) is 10.9 Å². The van der Waals surface area contributed by atoms with Gasteiger partial charge in [-0.3, -0.25) is 0 Å². The maximum Gasteiger partial charge on any atom is 0.287 e. The molecular weight excluding hydrogens is 342 g/mol. The quantitative estimate of drug-likeness (QED) is 0.400. The van der Waals surface area contributed by atoms with Crippen LogP contribution in [0.2, 0.25) is 0 Å². The van der Waals surface area contributed by atoms with E-state index in [0.717, 1.165) is 0 Å². The molecule has 2 aromatic heterocycles. The Balaban J connectivity index is 2.25. The van der Waals surface area contributed by atoms with E-state index in [4.69, 9.17) is 11.5 Å². The minimum Gasteiger partial charge on any atom is -0.369 e. The molecule has 3 aromatic rings. The summed E-state index contributed by atoms with van der Waals surface area (Å²) in [6.07, 6.45) is 4.38. The lowest BCUT2D eigenvalue weighted by molar-refractivity contribution is 0.585. The Labute approximate surface area is 144 Å². The molecule has 0 aliphatic rings. The summed E-state index contributed by atoms with van der Waals surface area (Å²) in [7, 11) is -2.14. The van der Waals surface area contributed by atoms with Crippen molar-refractivity contribution in [2.75, 3.05) is 0 Å². The molecule has 1 aromatic carbocycles. The predicted octanol–water partition coefficient (Wildman–Crippen LogP) is 0.609. The normalized spacial score (nSPS) is 12.5. The minimum atomic E-state index is -3.84. The van der Waals surface area contributed by atoms with Crippen LogP contribution < -0.4 is 11.5 Å². The summed E-state index contributed by atoms with van der Waals surface area (Å²) in [5.41, 5.74) is 12.2. The van der Waals surface area contributed by atoms with Crippen molar-refractivity contribution in [2.24, 2.45) is 28.7 Å². The number of fused-ring (bicyclic) bond motifs is 1. The number of hydrogen-bond acceptors (Lipinski definition) is 5. The molecule has 0 atom stereocenters. The van der Waals surface area contributed by atoms with E-state index in [9.17, 15) is 8.42 Å². The number of hydrogen-bond donors (Lipinski definition) is 2. The van der Waals surface area contributed by atoms with Gasteiger partial charge in [-0.15, -0.1) is 5.10 Å². The van der Waals surface area contributed by atoms with Crippen LogP contribution in [0.5, 0.6) is 0 Å². The van der Waals surface area contributed by atoms with E-state index in [1.807, 2.05) is 12.1 Å². The van der Waals surface area contributed by atoms with Crippen LogP contribution in [0.4, 0.5) is 0 Å². The predicted molar refractivity (Wildman–Crippen MR) is 95.8 cm³/mol. The molecule has 0 spiro atoms. The van der Waals surface area contributed by atoms with Gasteiger partial charge in [-0.25, -0.2) is 8.96 Å². The first-order chi connectivity index (χ1) is 11.8. The second kappa shape index (κ2) is 6.06. The topological polar surface area (TPSA) is 134 Å². The Bertz CT molecular complexity index is 1100. The number of aryl methyl sites for hydroxylation is 1. The van der Waals surface area contributed by atoms with Crippen LogP contribution in [0.3, 0.4) is 0 Å². The summed E-state index contributed by atoms with van der Waals surface area (Å²) >= 11 is 0. The summed E-state index contributed by atoms with van der Waals surface area (Å²) in [5, 5.41) is 8.25. The molecule has 0 radical (unpaired) electrons. The van der Waals surface area contributed by atoms with Crippen LogP contribution in [-0.4, -0.2) is 33.6 Å². The summed E-state index contributed by atoms with van der Waals surface area (Å²) in [5.74, 6) is -0.177. The number of guanidine groups is 1. The van der Waals surface area contributed by atoms with Gasteiger partial charge >= 0.3 is 0 Å². The SMILES string of the molecule is CC(=NN=C(N)N)c1cn(S(=O)(=O)c2cn(C)cn2)c2ccccc12. The van der Waals surface area contributed by atoms with E-state index >= 15 is 0 Å². The largest absolute Gasteiger partial charge is 0.369 e. The molecule has 2 heterocycles. The lowest BCUT2D eigenvalue weighted by atomic mass is 10.1. The lowest BCUT2D eigenvalue weighted by Gasteiger charge is -2.04. The van der Waals surface area contributed by atoms with Gasteiger partial charge in [0.2, 0.25) is 5.96 Å². The summed E-state index contributed by atoms with van der Waals surface area (Å²) in [4.78, 5) is 3.95. The fourth-order valence-corrected chi connectivity index (χ4v) is 3.79. The van der Waals surface area contributed by atoms with Crippen molar-refractivity contribution in [1.29, 1.82) is 0 Å². The number of rotatable bonds is 4. The molecule has 0 amide bonds. The van der Waals surface area contributed by atoms with Crippen LogP contribution in [-0.2, 0) is 17.1 Å². The highest BCUT2D eigenvalue weighted by atomic mass is 32.2. The highest BCUT2D eigenvalue weighted by Gasteiger charge is 2.24. The number of nitrogens with two attached hydrogens (primary N) is 2. The van der Waals surface area contributed by atoms with E-state index in [-0.39, 0.29) is 11.0 Å². The maximum absolute atomic E-state index is 12.9. The summed E-state index contributed by atoms with van der Waals surface area (Å²) in [6, 6.07) is 7.10. The molecule has 10 heteroatoms. The number of para-hydroxylation sites is 1. The molecular formula is C15H17N7O2S. The zero-order chi connectivity index (χ0) is 18.2. The average Bonchev–Trinajstić information content (AvgIpc) is 3.17.